The highest BCUT2D eigenvalue weighted by atomic mass is 19.2. The van der Waals surface area contributed by atoms with Gasteiger partial charge in [-0.25, -0.2) is 8.78 Å². The molecule has 1 aromatic carbocycles. The van der Waals surface area contributed by atoms with Crippen molar-refractivity contribution < 1.29 is 23.3 Å². The molecule has 0 fully saturated rings. The molecule has 0 spiro atoms. The van der Waals surface area contributed by atoms with Crippen LogP contribution in [0.2, 0.25) is 0 Å². The minimum Gasteiger partial charge on any atom is -0.388 e. The quantitative estimate of drug-likeness (QED) is 0.658. The molecule has 0 atom stereocenters. The number of rotatable bonds is 3. The van der Waals surface area contributed by atoms with Gasteiger partial charge in [-0.3, -0.25) is 10.1 Å². The molecule has 0 saturated heterocycles. The first-order chi connectivity index (χ1) is 8.52. The molecule has 18 heavy (non-hydrogen) atoms. The first-order valence-electron chi connectivity index (χ1n) is 4.60. The lowest BCUT2D eigenvalue weighted by atomic mass is 10.1. The molecule has 94 valence electrons. The number of nitro groups is 1. The Morgan fingerprint density at radius 2 is 2.06 bits per heavy atom. The molecule has 0 amide bonds. The summed E-state index contributed by atoms with van der Waals surface area (Å²) >= 11 is 0. The topological polar surface area (TPSA) is 102 Å². The summed E-state index contributed by atoms with van der Waals surface area (Å²) in [5.74, 6) is -3.12. The van der Waals surface area contributed by atoms with E-state index < -0.39 is 28.9 Å². The van der Waals surface area contributed by atoms with Gasteiger partial charge in [0.25, 0.3) is 11.6 Å². The normalized spacial score (nSPS) is 10.6. The van der Waals surface area contributed by atoms with Crippen molar-refractivity contribution in [3.63, 3.8) is 0 Å². The highest BCUT2D eigenvalue weighted by Crippen LogP contribution is 2.30. The maximum Gasteiger partial charge on any atom is 0.285 e. The molecular weight excluding hydrogens is 252 g/mol. The van der Waals surface area contributed by atoms with Gasteiger partial charge in [0.2, 0.25) is 0 Å². The van der Waals surface area contributed by atoms with Crippen LogP contribution in [-0.4, -0.2) is 20.2 Å². The second kappa shape index (κ2) is 4.45. The van der Waals surface area contributed by atoms with Gasteiger partial charge >= 0.3 is 0 Å². The van der Waals surface area contributed by atoms with E-state index in [1.165, 1.54) is 0 Å². The van der Waals surface area contributed by atoms with Crippen LogP contribution in [-0.2, 0) is 6.61 Å². The molecule has 9 heteroatoms. The molecule has 0 aliphatic heterocycles. The Bertz CT molecular complexity index is 614. The van der Waals surface area contributed by atoms with Crippen molar-refractivity contribution in [2.45, 2.75) is 6.61 Å². The maximum absolute atomic E-state index is 13.1. The summed E-state index contributed by atoms with van der Waals surface area (Å²) in [6.45, 7) is -0.541. The number of aliphatic hydroxyl groups is 1. The van der Waals surface area contributed by atoms with Crippen molar-refractivity contribution in [2.75, 3.05) is 0 Å². The van der Waals surface area contributed by atoms with Gasteiger partial charge in [0.15, 0.2) is 17.5 Å². The van der Waals surface area contributed by atoms with Gasteiger partial charge in [0, 0.05) is 0 Å². The summed E-state index contributed by atoms with van der Waals surface area (Å²) in [4.78, 5) is 13.4. The van der Waals surface area contributed by atoms with Gasteiger partial charge < -0.3 is 9.63 Å². The monoisotopic (exact) mass is 257 g/mol. The lowest BCUT2D eigenvalue weighted by molar-refractivity contribution is -0.384. The molecule has 0 saturated carbocycles. The predicted octanol–water partition coefficient (Wildman–Crippen LogP) is 1.42. The van der Waals surface area contributed by atoms with Gasteiger partial charge in [0.05, 0.1) is 11.0 Å². The van der Waals surface area contributed by atoms with Gasteiger partial charge in [-0.05, 0) is 6.07 Å². The van der Waals surface area contributed by atoms with E-state index in [1.54, 1.807) is 0 Å². The minimum absolute atomic E-state index is 0.121. The predicted molar refractivity (Wildman–Crippen MR) is 52.2 cm³/mol. The van der Waals surface area contributed by atoms with Crippen LogP contribution in [0.1, 0.15) is 5.82 Å². The molecule has 7 nitrogen and oxygen atoms in total. The van der Waals surface area contributed by atoms with Crippen LogP contribution in [0.25, 0.3) is 11.5 Å². The molecule has 1 aromatic heterocycles. The van der Waals surface area contributed by atoms with E-state index in [-0.39, 0.29) is 17.3 Å². The first-order valence-corrected chi connectivity index (χ1v) is 4.60. The Balaban J connectivity index is 2.61. The molecule has 0 bridgehead atoms. The summed E-state index contributed by atoms with van der Waals surface area (Å²) in [6, 6.07) is 1.01. The van der Waals surface area contributed by atoms with Crippen molar-refractivity contribution in [3.05, 3.63) is 39.7 Å². The number of hydrogen-bond acceptors (Lipinski definition) is 6. The maximum atomic E-state index is 13.1. The van der Waals surface area contributed by atoms with Crippen molar-refractivity contribution in [1.82, 2.24) is 10.1 Å². The molecule has 0 unspecified atom stereocenters. The molecular formula is C9H5F2N3O4. The molecule has 1 heterocycles. The second-order valence-corrected chi connectivity index (χ2v) is 3.21. The van der Waals surface area contributed by atoms with Gasteiger partial charge in [-0.15, -0.1) is 0 Å². The van der Waals surface area contributed by atoms with Gasteiger partial charge in [-0.1, -0.05) is 5.16 Å². The largest absolute Gasteiger partial charge is 0.388 e. The summed E-state index contributed by atoms with van der Waals surface area (Å²) in [5, 5.41) is 22.7. The zero-order valence-electron chi connectivity index (χ0n) is 8.63. The number of halogens is 2. The average Bonchev–Trinajstić information content (AvgIpc) is 2.80. The lowest BCUT2D eigenvalue weighted by Gasteiger charge is -1.99. The first kappa shape index (κ1) is 12.0. The third-order valence-corrected chi connectivity index (χ3v) is 2.08. The smallest absolute Gasteiger partial charge is 0.285 e. The summed E-state index contributed by atoms with van der Waals surface area (Å²) in [5.41, 5.74) is -1.06. The number of hydrogen-bond donors (Lipinski definition) is 1. The molecule has 1 N–H and O–H groups in total. The van der Waals surface area contributed by atoms with Crippen LogP contribution >= 0.6 is 0 Å². The van der Waals surface area contributed by atoms with Crippen molar-refractivity contribution in [1.29, 1.82) is 0 Å². The average molecular weight is 257 g/mol. The zero-order valence-corrected chi connectivity index (χ0v) is 8.63. The van der Waals surface area contributed by atoms with Crippen molar-refractivity contribution >= 4 is 5.69 Å². The fourth-order valence-corrected chi connectivity index (χ4v) is 1.29. The van der Waals surface area contributed by atoms with E-state index in [2.05, 4.69) is 14.7 Å². The Labute approximate surface area is 97.8 Å². The Morgan fingerprint density at radius 1 is 1.39 bits per heavy atom. The van der Waals surface area contributed by atoms with Crippen molar-refractivity contribution in [2.24, 2.45) is 0 Å². The third-order valence-electron chi connectivity index (χ3n) is 2.08. The second-order valence-electron chi connectivity index (χ2n) is 3.21. The molecule has 2 aromatic rings. The van der Waals surface area contributed by atoms with E-state index >= 15 is 0 Å². The van der Waals surface area contributed by atoms with E-state index in [0.29, 0.717) is 12.1 Å². The molecule has 0 radical (unpaired) electrons. The van der Waals surface area contributed by atoms with Gasteiger partial charge in [-0.2, -0.15) is 4.98 Å². The number of aliphatic hydroxyl groups excluding tert-OH is 1. The van der Waals surface area contributed by atoms with Crippen LogP contribution < -0.4 is 0 Å². The standard InChI is InChI=1S/C9H5F2N3O4/c10-5-1-4(7(14(16)17)2-6(5)11)9-12-8(3-15)13-18-9/h1-2,15H,3H2. The van der Waals surface area contributed by atoms with Crippen molar-refractivity contribution in [3.8, 4) is 11.5 Å². The van der Waals surface area contributed by atoms with E-state index in [4.69, 9.17) is 5.11 Å². The Kier molecular flexibility index (Phi) is 2.98. The molecule has 0 aliphatic carbocycles. The number of aromatic nitrogens is 2. The minimum atomic E-state index is -1.35. The Hall–Kier alpha value is -2.42. The van der Waals surface area contributed by atoms with Crippen LogP contribution in [0.3, 0.4) is 0 Å². The van der Waals surface area contributed by atoms with Crippen LogP contribution in [0.4, 0.5) is 14.5 Å². The summed E-state index contributed by atoms with van der Waals surface area (Å²) in [6.07, 6.45) is 0. The van der Waals surface area contributed by atoms with Crippen LogP contribution in [0, 0.1) is 21.7 Å². The third kappa shape index (κ3) is 2.02. The molecule has 0 aliphatic rings. The fourth-order valence-electron chi connectivity index (χ4n) is 1.29. The zero-order chi connectivity index (χ0) is 13.3. The highest BCUT2D eigenvalue weighted by molar-refractivity contribution is 5.66. The highest BCUT2D eigenvalue weighted by Gasteiger charge is 2.24. The molecule has 2 rings (SSSR count). The van der Waals surface area contributed by atoms with E-state index in [9.17, 15) is 18.9 Å². The van der Waals surface area contributed by atoms with Crippen LogP contribution in [0.5, 0.6) is 0 Å². The van der Waals surface area contributed by atoms with Gasteiger partial charge in [0.1, 0.15) is 12.2 Å². The van der Waals surface area contributed by atoms with E-state index in [0.717, 1.165) is 0 Å². The number of nitro benzene ring substituents is 1. The van der Waals surface area contributed by atoms with Crippen LogP contribution in [0.15, 0.2) is 16.7 Å². The van der Waals surface area contributed by atoms with E-state index in [1.807, 2.05) is 0 Å². The number of benzene rings is 1. The Morgan fingerprint density at radius 3 is 2.61 bits per heavy atom. The summed E-state index contributed by atoms with van der Waals surface area (Å²) < 4.78 is 30.6. The lowest BCUT2D eigenvalue weighted by Crippen LogP contribution is -1.96. The number of nitrogens with zero attached hydrogens (tertiary/aromatic N) is 3. The SMILES string of the molecule is O=[N+]([O-])c1cc(F)c(F)cc1-c1nc(CO)no1. The fraction of sp³-hybridized carbons (Fsp3) is 0.111. The summed E-state index contributed by atoms with van der Waals surface area (Å²) in [7, 11) is 0.